The van der Waals surface area contributed by atoms with Crippen molar-refractivity contribution in [1.29, 1.82) is 5.26 Å². The van der Waals surface area contributed by atoms with Gasteiger partial charge in [0.25, 0.3) is 6.47 Å². The van der Waals surface area contributed by atoms with Gasteiger partial charge in [-0.2, -0.15) is 9.84 Å². The van der Waals surface area contributed by atoms with Crippen LogP contribution in [-0.4, -0.2) is 47.5 Å². The van der Waals surface area contributed by atoms with Gasteiger partial charge in [-0.25, -0.2) is 0 Å². The first-order valence-corrected chi connectivity index (χ1v) is 41.5. The van der Waals surface area contributed by atoms with E-state index in [9.17, 15) is 20.0 Å². The van der Waals surface area contributed by atoms with Crippen molar-refractivity contribution in [2.45, 2.75) is 372 Å². The minimum Gasteiger partial charge on any atom is -0.481 e. The standard InChI is InChI=1S/C91H139N3O4/c1-5-8-11-14-17-20-23-26-29-32-35-38-41-44-47-54-70-90(4)83-65-63-79-57-50-52-59-81(79)88(83)94(74-75-98-77-95)85(90)67-61-78(76-92)62-68-86-91(71-55-48-45-42-39-36-33-30-27-24-21-18-15-12-9-6-2,72-56-49-46-43-40-37-34-31-28-25-22-19-16-13-10-7-3)84-66-64-80-58-51-53-60-82(80)89(84)93(86)73-69-87(96)97/h50-53,57-68,77H,5-49,54-56,69-75H2,1-4H3/p+1. The highest BCUT2D eigenvalue weighted by molar-refractivity contribution is 6.08. The van der Waals surface area contributed by atoms with Crippen molar-refractivity contribution in [3.05, 3.63) is 119 Å². The van der Waals surface area contributed by atoms with Crippen LogP contribution in [0.4, 0.5) is 11.4 Å². The van der Waals surface area contributed by atoms with Crippen molar-refractivity contribution in [2.24, 2.45) is 0 Å². The van der Waals surface area contributed by atoms with Crippen LogP contribution in [0.3, 0.4) is 0 Å². The van der Waals surface area contributed by atoms with Gasteiger partial charge in [-0.3, -0.25) is 9.59 Å². The maximum Gasteiger partial charge on any atom is 0.305 e. The number of rotatable bonds is 61. The first kappa shape index (κ1) is 81.5. The number of benzene rings is 4. The van der Waals surface area contributed by atoms with Gasteiger partial charge in [-0.05, 0) is 66.8 Å². The fourth-order valence-corrected chi connectivity index (χ4v) is 16.7. The summed E-state index contributed by atoms with van der Waals surface area (Å²) < 4.78 is 7.87. The SMILES string of the molecule is CCCCCCCCCCCCCCCCCCC1(C)C(/C=C/C(C#N)=C/C=C2/N(CCC(=O)O)c3c(ccc4ccccc34)C2(CCCCCCCCCCCCCCCCCC)CCCCCCCCCCCCCCCCCC)=[N+](CCOC=O)c2c1ccc1ccccc21. The van der Waals surface area contributed by atoms with Gasteiger partial charge < -0.3 is 14.7 Å². The number of hydrogen-bond acceptors (Lipinski definition) is 5. The van der Waals surface area contributed by atoms with Crippen molar-refractivity contribution in [3.63, 3.8) is 0 Å². The smallest absolute Gasteiger partial charge is 0.305 e. The van der Waals surface area contributed by atoms with Crippen molar-refractivity contribution in [1.82, 2.24) is 0 Å². The molecular formula is C91H140N3O4+. The highest BCUT2D eigenvalue weighted by atomic mass is 16.5. The number of ether oxygens (including phenoxy) is 1. The predicted octanol–water partition coefficient (Wildman–Crippen LogP) is 27.6. The van der Waals surface area contributed by atoms with Gasteiger partial charge in [0.15, 0.2) is 12.3 Å². The second kappa shape index (κ2) is 50.0. The van der Waals surface area contributed by atoms with Crippen LogP contribution >= 0.6 is 0 Å². The molecule has 0 saturated carbocycles. The lowest BCUT2D eigenvalue weighted by Crippen LogP contribution is -2.32. The van der Waals surface area contributed by atoms with Gasteiger partial charge in [0, 0.05) is 34.7 Å². The van der Waals surface area contributed by atoms with Gasteiger partial charge >= 0.3 is 5.97 Å². The summed E-state index contributed by atoms with van der Waals surface area (Å²) in [6, 6.07) is 29.3. The minimum atomic E-state index is -0.802. The molecule has 542 valence electrons. The van der Waals surface area contributed by atoms with Crippen LogP contribution in [-0.2, 0) is 25.2 Å². The van der Waals surface area contributed by atoms with Gasteiger partial charge in [-0.15, -0.1) is 0 Å². The summed E-state index contributed by atoms with van der Waals surface area (Å²) >= 11 is 0. The molecule has 4 aromatic rings. The molecule has 0 bridgehead atoms. The van der Waals surface area contributed by atoms with E-state index in [4.69, 9.17) is 4.74 Å². The van der Waals surface area contributed by atoms with E-state index in [0.29, 0.717) is 25.1 Å². The Balaban J connectivity index is 1.25. The number of aliphatic carboxylic acids is 1. The molecule has 2 aliphatic rings. The molecule has 0 radical (unpaired) electrons. The van der Waals surface area contributed by atoms with E-state index in [-0.39, 0.29) is 23.9 Å². The molecule has 0 fully saturated rings. The predicted molar refractivity (Wildman–Crippen MR) is 422 cm³/mol. The zero-order valence-corrected chi connectivity index (χ0v) is 63.2. The number of carbonyl (C=O) groups excluding carboxylic acids is 1. The lowest BCUT2D eigenvalue weighted by molar-refractivity contribution is -0.439. The monoisotopic (exact) mass is 1340 g/mol. The molecule has 2 heterocycles. The third-order valence-corrected chi connectivity index (χ3v) is 22.6. The summed E-state index contributed by atoms with van der Waals surface area (Å²) in [7, 11) is 0. The normalized spacial score (nSPS) is 15.6. The fourth-order valence-electron chi connectivity index (χ4n) is 16.7. The van der Waals surface area contributed by atoms with E-state index in [1.807, 2.05) is 6.08 Å². The summed E-state index contributed by atoms with van der Waals surface area (Å²) in [5, 5.41) is 26.5. The molecule has 1 unspecified atom stereocenters. The molecule has 1 N–H and O–H groups in total. The van der Waals surface area contributed by atoms with Crippen LogP contribution in [0.2, 0.25) is 0 Å². The molecule has 0 spiro atoms. The van der Waals surface area contributed by atoms with Crippen LogP contribution in [0, 0.1) is 11.3 Å². The zero-order valence-electron chi connectivity index (χ0n) is 63.2. The highest BCUT2D eigenvalue weighted by Gasteiger charge is 2.49. The molecule has 7 heteroatoms. The van der Waals surface area contributed by atoms with Crippen LogP contribution in [0.15, 0.2) is 108 Å². The van der Waals surface area contributed by atoms with E-state index in [1.54, 1.807) is 0 Å². The maximum absolute atomic E-state index is 12.8. The summed E-state index contributed by atoms with van der Waals surface area (Å²) in [6.07, 6.45) is 75.3. The average Bonchev–Trinajstić information content (AvgIpc) is 1.57. The van der Waals surface area contributed by atoms with E-state index in [0.717, 1.165) is 61.0 Å². The molecule has 0 amide bonds. The number of fused-ring (bicyclic) bond motifs is 6. The maximum atomic E-state index is 12.8. The van der Waals surface area contributed by atoms with E-state index in [2.05, 4.69) is 134 Å². The number of allylic oxidation sites excluding steroid dienone is 6. The number of nitriles is 1. The van der Waals surface area contributed by atoms with Gasteiger partial charge in [0.2, 0.25) is 5.69 Å². The largest absolute Gasteiger partial charge is 0.481 e. The average molecular weight is 1340 g/mol. The van der Waals surface area contributed by atoms with Crippen molar-refractivity contribution in [3.8, 4) is 6.07 Å². The Morgan fingerprint density at radius 1 is 0.500 bits per heavy atom. The van der Waals surface area contributed by atoms with E-state index >= 15 is 0 Å². The molecule has 7 nitrogen and oxygen atoms in total. The molecule has 0 saturated heterocycles. The number of unbranched alkanes of at least 4 members (excludes halogenated alkanes) is 45. The highest BCUT2D eigenvalue weighted by Crippen LogP contribution is 2.56. The summed E-state index contributed by atoms with van der Waals surface area (Å²) in [4.78, 5) is 26.9. The fraction of sp³-hybridized carbons (Fsp3) is 0.670. The third kappa shape index (κ3) is 27.8. The summed E-state index contributed by atoms with van der Waals surface area (Å²) in [5.74, 6) is -0.802. The Morgan fingerprint density at radius 2 is 0.878 bits per heavy atom. The summed E-state index contributed by atoms with van der Waals surface area (Å²) in [5.41, 5.74) is 7.02. The molecule has 1 atom stereocenters. The van der Waals surface area contributed by atoms with Crippen molar-refractivity contribution < 1.29 is 24.0 Å². The van der Waals surface area contributed by atoms with E-state index < -0.39 is 5.97 Å². The Bertz CT molecular complexity index is 2980. The second-order valence-corrected chi connectivity index (χ2v) is 30.4. The summed E-state index contributed by atoms with van der Waals surface area (Å²) in [6.45, 7) is 10.9. The Hall–Kier alpha value is -5.48. The number of carbonyl (C=O) groups is 2. The van der Waals surface area contributed by atoms with Crippen LogP contribution < -0.4 is 4.90 Å². The second-order valence-electron chi connectivity index (χ2n) is 30.4. The lowest BCUT2D eigenvalue weighted by atomic mass is 9.71. The first-order valence-electron chi connectivity index (χ1n) is 41.5. The molecule has 0 aliphatic carbocycles. The third-order valence-electron chi connectivity index (χ3n) is 22.6. The van der Waals surface area contributed by atoms with Crippen LogP contribution in [0.5, 0.6) is 0 Å². The molecule has 98 heavy (non-hydrogen) atoms. The zero-order chi connectivity index (χ0) is 69.4. The Labute approximate surface area is 599 Å². The number of carboxylic acid groups (broad SMARTS) is 1. The molecule has 2 aliphatic heterocycles. The Kier molecular flexibility index (Phi) is 41.5. The van der Waals surface area contributed by atoms with Gasteiger partial charge in [0.1, 0.15) is 6.61 Å². The molecule has 0 aromatic heterocycles. The topological polar surface area (TPSA) is 93.6 Å². The number of carboxylic acids is 1. The van der Waals surface area contributed by atoms with Gasteiger partial charge in [0.05, 0.1) is 34.6 Å². The molecule has 6 rings (SSSR count). The minimum absolute atomic E-state index is 0.0120. The van der Waals surface area contributed by atoms with Gasteiger partial charge in [-0.1, -0.05) is 396 Å². The molecule has 4 aromatic carbocycles. The lowest BCUT2D eigenvalue weighted by Gasteiger charge is -2.34. The van der Waals surface area contributed by atoms with E-state index in [1.165, 1.54) is 322 Å². The van der Waals surface area contributed by atoms with Crippen molar-refractivity contribution in [2.75, 3.05) is 24.6 Å². The quantitative estimate of drug-likeness (QED) is 0.0156. The van der Waals surface area contributed by atoms with Crippen LogP contribution in [0.25, 0.3) is 21.5 Å². The van der Waals surface area contributed by atoms with Crippen LogP contribution in [0.1, 0.15) is 373 Å². The molecular weight excluding hydrogens is 1200 g/mol. The first-order chi connectivity index (χ1) is 48.3. The Morgan fingerprint density at radius 3 is 1.29 bits per heavy atom. The number of hydrogen-bond donors (Lipinski definition) is 1. The van der Waals surface area contributed by atoms with Crippen molar-refractivity contribution >= 4 is 51.1 Å². The number of nitrogens with zero attached hydrogens (tertiary/aromatic N) is 3. The number of anilines is 1.